The molecule has 1 N–H and O–H groups in total. The number of likely N-dealkylation sites (N-methyl/N-ethyl adjacent to an activating group) is 1. The van der Waals surface area contributed by atoms with Gasteiger partial charge in [-0.05, 0) is 31.2 Å². The molecule has 7 heteroatoms. The van der Waals surface area contributed by atoms with Gasteiger partial charge in [0.2, 0.25) is 0 Å². The van der Waals surface area contributed by atoms with Gasteiger partial charge in [0.15, 0.2) is 5.69 Å². The zero-order valence-corrected chi connectivity index (χ0v) is 15.0. The standard InChI is InChI=1S/C19H24FN5O/c1-23-8-10-25(11-9-23)19(26)18-16-6-7-24(13-17(16)21-22-18)12-14-2-4-15(20)5-3-14/h2-5H,6-13H2,1H3,(H,21,22). The summed E-state index contributed by atoms with van der Waals surface area (Å²) in [7, 11) is 2.08. The number of amides is 1. The number of hydrogen-bond donors (Lipinski definition) is 1. The van der Waals surface area contributed by atoms with Crippen molar-refractivity contribution in [3.8, 4) is 0 Å². The first-order valence-electron chi connectivity index (χ1n) is 9.11. The second-order valence-electron chi connectivity index (χ2n) is 7.21. The highest BCUT2D eigenvalue weighted by atomic mass is 19.1. The first-order valence-corrected chi connectivity index (χ1v) is 9.11. The zero-order valence-electron chi connectivity index (χ0n) is 15.0. The van der Waals surface area contributed by atoms with Crippen LogP contribution in [0, 0.1) is 5.82 Å². The van der Waals surface area contributed by atoms with E-state index in [-0.39, 0.29) is 11.7 Å². The van der Waals surface area contributed by atoms with E-state index in [4.69, 9.17) is 0 Å². The van der Waals surface area contributed by atoms with E-state index in [0.29, 0.717) is 5.69 Å². The second kappa shape index (κ2) is 7.17. The molecule has 4 rings (SSSR count). The summed E-state index contributed by atoms with van der Waals surface area (Å²) in [6.45, 7) is 5.69. The van der Waals surface area contributed by atoms with Crippen LogP contribution in [0.5, 0.6) is 0 Å². The summed E-state index contributed by atoms with van der Waals surface area (Å²) in [5, 5.41) is 7.41. The minimum atomic E-state index is -0.213. The van der Waals surface area contributed by atoms with Crippen LogP contribution in [0.4, 0.5) is 4.39 Å². The third-order valence-electron chi connectivity index (χ3n) is 5.33. The Morgan fingerprint density at radius 1 is 1.15 bits per heavy atom. The van der Waals surface area contributed by atoms with Crippen LogP contribution in [0.25, 0.3) is 0 Å². The van der Waals surface area contributed by atoms with E-state index in [1.54, 1.807) is 0 Å². The van der Waals surface area contributed by atoms with Crippen molar-refractivity contribution in [3.63, 3.8) is 0 Å². The molecule has 1 amide bonds. The SMILES string of the molecule is CN1CCN(C(=O)c2n[nH]c3c2CCN(Cc2ccc(F)cc2)C3)CC1. The fourth-order valence-electron chi connectivity index (χ4n) is 3.69. The molecule has 0 atom stereocenters. The van der Waals surface area contributed by atoms with Gasteiger partial charge in [-0.1, -0.05) is 12.1 Å². The van der Waals surface area contributed by atoms with Crippen molar-refractivity contribution in [1.82, 2.24) is 24.9 Å². The van der Waals surface area contributed by atoms with Gasteiger partial charge in [-0.25, -0.2) is 4.39 Å². The summed E-state index contributed by atoms with van der Waals surface area (Å²) in [5.74, 6) is -0.169. The number of carbonyl (C=O) groups is 1. The fourth-order valence-corrected chi connectivity index (χ4v) is 3.69. The van der Waals surface area contributed by atoms with Gasteiger partial charge in [0.1, 0.15) is 5.82 Å². The number of fused-ring (bicyclic) bond motifs is 1. The topological polar surface area (TPSA) is 55.5 Å². The number of aromatic nitrogens is 2. The van der Waals surface area contributed by atoms with E-state index in [1.165, 1.54) is 12.1 Å². The van der Waals surface area contributed by atoms with Crippen molar-refractivity contribution in [1.29, 1.82) is 0 Å². The maximum atomic E-state index is 13.1. The van der Waals surface area contributed by atoms with Gasteiger partial charge in [0, 0.05) is 51.4 Å². The molecule has 2 aromatic rings. The van der Waals surface area contributed by atoms with E-state index < -0.39 is 0 Å². The van der Waals surface area contributed by atoms with Gasteiger partial charge in [-0.15, -0.1) is 0 Å². The van der Waals surface area contributed by atoms with E-state index >= 15 is 0 Å². The van der Waals surface area contributed by atoms with Gasteiger partial charge < -0.3 is 9.80 Å². The Hall–Kier alpha value is -2.25. The Morgan fingerprint density at radius 2 is 1.88 bits per heavy atom. The van der Waals surface area contributed by atoms with Crippen molar-refractivity contribution < 1.29 is 9.18 Å². The predicted octanol–water partition coefficient (Wildman–Crippen LogP) is 1.49. The molecule has 3 heterocycles. The molecular weight excluding hydrogens is 333 g/mol. The Balaban J connectivity index is 1.43. The number of piperazine rings is 1. The van der Waals surface area contributed by atoms with E-state index in [0.717, 1.165) is 69.1 Å². The molecule has 0 radical (unpaired) electrons. The highest BCUT2D eigenvalue weighted by molar-refractivity contribution is 5.94. The Labute approximate surface area is 152 Å². The van der Waals surface area contributed by atoms with Crippen LogP contribution in [0.15, 0.2) is 24.3 Å². The largest absolute Gasteiger partial charge is 0.335 e. The summed E-state index contributed by atoms with van der Waals surface area (Å²) in [6, 6.07) is 6.63. The number of nitrogens with one attached hydrogen (secondary N) is 1. The van der Waals surface area contributed by atoms with E-state index in [9.17, 15) is 9.18 Å². The van der Waals surface area contributed by atoms with Crippen LogP contribution in [0.1, 0.15) is 27.3 Å². The van der Waals surface area contributed by atoms with Crippen LogP contribution in [0.3, 0.4) is 0 Å². The molecule has 1 aromatic heterocycles. The van der Waals surface area contributed by atoms with Crippen molar-refractivity contribution in [3.05, 3.63) is 52.6 Å². The molecule has 0 spiro atoms. The number of halogens is 1. The Morgan fingerprint density at radius 3 is 2.62 bits per heavy atom. The Bertz CT molecular complexity index is 780. The Kier molecular flexibility index (Phi) is 4.74. The molecule has 2 aliphatic rings. The van der Waals surface area contributed by atoms with Crippen molar-refractivity contribution in [2.45, 2.75) is 19.5 Å². The van der Waals surface area contributed by atoms with Crippen molar-refractivity contribution in [2.24, 2.45) is 0 Å². The summed E-state index contributed by atoms with van der Waals surface area (Å²) in [5.41, 5.74) is 3.76. The maximum absolute atomic E-state index is 13.1. The van der Waals surface area contributed by atoms with Gasteiger partial charge in [0.25, 0.3) is 5.91 Å². The highest BCUT2D eigenvalue weighted by Crippen LogP contribution is 2.23. The molecule has 0 aliphatic carbocycles. The predicted molar refractivity (Wildman–Crippen MR) is 96.2 cm³/mol. The minimum Gasteiger partial charge on any atom is -0.335 e. The lowest BCUT2D eigenvalue weighted by Crippen LogP contribution is -2.47. The molecule has 1 aromatic carbocycles. The summed E-state index contributed by atoms with van der Waals surface area (Å²) < 4.78 is 13.1. The molecule has 6 nitrogen and oxygen atoms in total. The summed E-state index contributed by atoms with van der Waals surface area (Å²) in [6.07, 6.45) is 0.807. The summed E-state index contributed by atoms with van der Waals surface area (Å²) >= 11 is 0. The van der Waals surface area contributed by atoms with Crippen LogP contribution in [0.2, 0.25) is 0 Å². The number of hydrogen-bond acceptors (Lipinski definition) is 4. The third kappa shape index (κ3) is 3.50. The molecule has 26 heavy (non-hydrogen) atoms. The molecule has 0 saturated carbocycles. The lowest BCUT2D eigenvalue weighted by molar-refractivity contribution is 0.0656. The number of nitrogens with zero attached hydrogens (tertiary/aromatic N) is 4. The van der Waals surface area contributed by atoms with Crippen LogP contribution < -0.4 is 0 Å². The first kappa shape index (κ1) is 17.2. The highest BCUT2D eigenvalue weighted by Gasteiger charge is 2.29. The van der Waals surface area contributed by atoms with Crippen LogP contribution in [-0.2, 0) is 19.5 Å². The van der Waals surface area contributed by atoms with Gasteiger partial charge in [0.05, 0.1) is 5.69 Å². The second-order valence-corrected chi connectivity index (χ2v) is 7.21. The average molecular weight is 357 g/mol. The normalized spacial score (nSPS) is 18.8. The zero-order chi connectivity index (χ0) is 18.1. The third-order valence-corrected chi connectivity index (χ3v) is 5.33. The number of H-pyrrole nitrogens is 1. The number of benzene rings is 1. The maximum Gasteiger partial charge on any atom is 0.274 e. The van der Waals surface area contributed by atoms with Gasteiger partial charge in [-0.2, -0.15) is 5.10 Å². The van der Waals surface area contributed by atoms with Crippen molar-refractivity contribution >= 4 is 5.91 Å². The molecule has 1 fully saturated rings. The number of carbonyl (C=O) groups excluding carboxylic acids is 1. The minimum absolute atomic E-state index is 0.0441. The lowest BCUT2D eigenvalue weighted by Gasteiger charge is -2.32. The molecule has 2 aliphatic heterocycles. The number of rotatable bonds is 3. The van der Waals surface area contributed by atoms with E-state index in [1.807, 2.05) is 17.0 Å². The first-order chi connectivity index (χ1) is 12.6. The number of aromatic amines is 1. The smallest absolute Gasteiger partial charge is 0.274 e. The average Bonchev–Trinajstić information content (AvgIpc) is 3.07. The summed E-state index contributed by atoms with van der Waals surface area (Å²) in [4.78, 5) is 19.2. The molecule has 0 bridgehead atoms. The van der Waals surface area contributed by atoms with Crippen molar-refractivity contribution in [2.75, 3.05) is 39.8 Å². The molecule has 1 saturated heterocycles. The van der Waals surface area contributed by atoms with E-state index in [2.05, 4.69) is 27.0 Å². The molecular formula is C19H24FN5O. The van der Waals surface area contributed by atoms with Crippen LogP contribution >= 0.6 is 0 Å². The molecule has 138 valence electrons. The quantitative estimate of drug-likeness (QED) is 0.904. The molecule has 0 unspecified atom stereocenters. The fraction of sp³-hybridized carbons (Fsp3) is 0.474. The lowest BCUT2D eigenvalue weighted by atomic mass is 10.0. The van der Waals surface area contributed by atoms with Crippen LogP contribution in [-0.4, -0.2) is 70.6 Å². The van der Waals surface area contributed by atoms with Gasteiger partial charge in [-0.3, -0.25) is 14.8 Å². The monoisotopic (exact) mass is 357 g/mol. The van der Waals surface area contributed by atoms with Gasteiger partial charge >= 0.3 is 0 Å².